The molecule has 0 spiro atoms. The van der Waals surface area contributed by atoms with E-state index in [2.05, 4.69) is 17.2 Å². The van der Waals surface area contributed by atoms with Gasteiger partial charge in [-0.2, -0.15) is 0 Å². The molecule has 0 saturated carbocycles. The number of hydrogen-bond donors (Lipinski definition) is 1. The van der Waals surface area contributed by atoms with Crippen molar-refractivity contribution in [3.05, 3.63) is 24.5 Å². The number of pyridine rings is 1. The standard InChI is InChI=1S/C11H18N2/c1-2-3-4-5-8-13-11-6-9-12-10-7-11/h6-7,9-10H,2-5,8H2,1H3,(H,12,13). The minimum Gasteiger partial charge on any atom is -0.385 e. The van der Waals surface area contributed by atoms with Crippen LogP contribution in [0.15, 0.2) is 24.5 Å². The topological polar surface area (TPSA) is 24.9 Å². The Hall–Kier alpha value is -1.05. The molecule has 0 atom stereocenters. The van der Waals surface area contributed by atoms with Gasteiger partial charge in [0.05, 0.1) is 0 Å². The third kappa shape index (κ3) is 4.51. The maximum Gasteiger partial charge on any atom is 0.0371 e. The maximum absolute atomic E-state index is 3.96. The molecular weight excluding hydrogens is 160 g/mol. The van der Waals surface area contributed by atoms with Gasteiger partial charge in [-0.05, 0) is 18.6 Å². The summed E-state index contributed by atoms with van der Waals surface area (Å²) in [7, 11) is 0. The zero-order valence-electron chi connectivity index (χ0n) is 8.29. The summed E-state index contributed by atoms with van der Waals surface area (Å²) in [5.41, 5.74) is 1.17. The summed E-state index contributed by atoms with van der Waals surface area (Å²) >= 11 is 0. The lowest BCUT2D eigenvalue weighted by atomic mass is 10.2. The first kappa shape index (κ1) is 10.0. The number of rotatable bonds is 6. The van der Waals surface area contributed by atoms with E-state index in [-0.39, 0.29) is 0 Å². The largest absolute Gasteiger partial charge is 0.385 e. The minimum atomic E-state index is 1.07. The van der Waals surface area contributed by atoms with Crippen LogP contribution in [0.25, 0.3) is 0 Å². The second-order valence-electron chi connectivity index (χ2n) is 3.22. The number of nitrogens with zero attached hydrogens (tertiary/aromatic N) is 1. The molecule has 0 aromatic carbocycles. The molecule has 0 radical (unpaired) electrons. The van der Waals surface area contributed by atoms with Crippen molar-refractivity contribution >= 4 is 5.69 Å². The summed E-state index contributed by atoms with van der Waals surface area (Å²) in [6, 6.07) is 4.00. The van der Waals surface area contributed by atoms with E-state index < -0.39 is 0 Å². The fourth-order valence-electron chi connectivity index (χ4n) is 1.25. The van der Waals surface area contributed by atoms with Gasteiger partial charge in [0.1, 0.15) is 0 Å². The van der Waals surface area contributed by atoms with Gasteiger partial charge in [0.2, 0.25) is 0 Å². The molecule has 1 rings (SSSR count). The summed E-state index contributed by atoms with van der Waals surface area (Å²) in [6.45, 7) is 3.31. The molecule has 0 aliphatic heterocycles. The summed E-state index contributed by atoms with van der Waals surface area (Å²) in [5.74, 6) is 0. The van der Waals surface area contributed by atoms with Crippen LogP contribution < -0.4 is 5.32 Å². The number of hydrogen-bond acceptors (Lipinski definition) is 2. The summed E-state index contributed by atoms with van der Waals surface area (Å²) in [5, 5.41) is 3.36. The Bertz CT molecular complexity index is 209. The van der Waals surface area contributed by atoms with Crippen molar-refractivity contribution in [1.29, 1.82) is 0 Å². The number of anilines is 1. The fourth-order valence-corrected chi connectivity index (χ4v) is 1.25. The Morgan fingerprint density at radius 1 is 1.15 bits per heavy atom. The van der Waals surface area contributed by atoms with Gasteiger partial charge in [0, 0.05) is 24.6 Å². The van der Waals surface area contributed by atoms with Gasteiger partial charge >= 0.3 is 0 Å². The first-order chi connectivity index (χ1) is 6.43. The highest BCUT2D eigenvalue weighted by Crippen LogP contribution is 2.04. The molecule has 2 nitrogen and oxygen atoms in total. The van der Waals surface area contributed by atoms with E-state index in [0.717, 1.165) is 6.54 Å². The summed E-state index contributed by atoms with van der Waals surface area (Å²) in [6.07, 6.45) is 8.86. The van der Waals surface area contributed by atoms with Crippen LogP contribution in [-0.4, -0.2) is 11.5 Å². The quantitative estimate of drug-likeness (QED) is 0.677. The Morgan fingerprint density at radius 3 is 2.62 bits per heavy atom. The van der Waals surface area contributed by atoms with E-state index in [1.54, 1.807) is 0 Å². The average molecular weight is 178 g/mol. The molecule has 72 valence electrons. The summed E-state index contributed by atoms with van der Waals surface area (Å²) in [4.78, 5) is 3.96. The molecule has 1 aromatic rings. The number of unbranched alkanes of at least 4 members (excludes halogenated alkanes) is 3. The van der Waals surface area contributed by atoms with Crippen molar-refractivity contribution < 1.29 is 0 Å². The first-order valence-electron chi connectivity index (χ1n) is 5.07. The van der Waals surface area contributed by atoms with Crippen molar-refractivity contribution in [3.8, 4) is 0 Å². The second-order valence-corrected chi connectivity index (χ2v) is 3.22. The predicted molar refractivity (Wildman–Crippen MR) is 56.9 cm³/mol. The van der Waals surface area contributed by atoms with Gasteiger partial charge in [0.15, 0.2) is 0 Å². The van der Waals surface area contributed by atoms with Crippen LogP contribution in [-0.2, 0) is 0 Å². The second kappa shape index (κ2) is 6.46. The van der Waals surface area contributed by atoms with Crippen molar-refractivity contribution in [2.45, 2.75) is 32.6 Å². The number of nitrogens with one attached hydrogen (secondary N) is 1. The van der Waals surface area contributed by atoms with Gasteiger partial charge in [-0.3, -0.25) is 4.98 Å². The van der Waals surface area contributed by atoms with E-state index in [1.165, 1.54) is 31.4 Å². The lowest BCUT2D eigenvalue weighted by Gasteiger charge is -2.04. The Kier molecular flexibility index (Phi) is 4.99. The smallest absolute Gasteiger partial charge is 0.0371 e. The highest BCUT2D eigenvalue weighted by atomic mass is 14.9. The molecule has 0 unspecified atom stereocenters. The average Bonchev–Trinajstić information content (AvgIpc) is 2.19. The van der Waals surface area contributed by atoms with Crippen molar-refractivity contribution in [2.24, 2.45) is 0 Å². The summed E-state index contributed by atoms with van der Waals surface area (Å²) < 4.78 is 0. The molecular formula is C11H18N2. The minimum absolute atomic E-state index is 1.07. The SMILES string of the molecule is CCCCCCNc1ccncc1. The normalized spacial score (nSPS) is 9.92. The van der Waals surface area contributed by atoms with Gasteiger partial charge in [-0.1, -0.05) is 26.2 Å². The van der Waals surface area contributed by atoms with Crippen molar-refractivity contribution in [2.75, 3.05) is 11.9 Å². The molecule has 1 N–H and O–H groups in total. The van der Waals surface area contributed by atoms with E-state index in [4.69, 9.17) is 0 Å². The van der Waals surface area contributed by atoms with E-state index in [1.807, 2.05) is 24.5 Å². The first-order valence-corrected chi connectivity index (χ1v) is 5.07. The van der Waals surface area contributed by atoms with Crippen LogP contribution in [0, 0.1) is 0 Å². The Labute approximate surface area is 80.4 Å². The lowest BCUT2D eigenvalue weighted by Crippen LogP contribution is -2.00. The third-order valence-corrected chi connectivity index (χ3v) is 2.04. The predicted octanol–water partition coefficient (Wildman–Crippen LogP) is 3.07. The molecule has 0 amide bonds. The number of aromatic nitrogens is 1. The molecule has 0 bridgehead atoms. The molecule has 2 heteroatoms. The maximum atomic E-state index is 3.96. The van der Waals surface area contributed by atoms with Crippen molar-refractivity contribution in [3.63, 3.8) is 0 Å². The molecule has 0 aliphatic carbocycles. The van der Waals surface area contributed by atoms with Crippen LogP contribution in [0.5, 0.6) is 0 Å². The molecule has 0 aliphatic rings. The Balaban J connectivity index is 2.07. The Morgan fingerprint density at radius 2 is 1.92 bits per heavy atom. The highest BCUT2D eigenvalue weighted by Gasteiger charge is 1.89. The zero-order valence-corrected chi connectivity index (χ0v) is 8.29. The molecule has 1 aromatic heterocycles. The van der Waals surface area contributed by atoms with Gasteiger partial charge in [-0.15, -0.1) is 0 Å². The lowest BCUT2D eigenvalue weighted by molar-refractivity contribution is 0.685. The van der Waals surface area contributed by atoms with E-state index in [0.29, 0.717) is 0 Å². The van der Waals surface area contributed by atoms with Crippen LogP contribution in [0.1, 0.15) is 32.6 Å². The van der Waals surface area contributed by atoms with Gasteiger partial charge in [-0.25, -0.2) is 0 Å². The van der Waals surface area contributed by atoms with E-state index in [9.17, 15) is 0 Å². The van der Waals surface area contributed by atoms with Crippen molar-refractivity contribution in [1.82, 2.24) is 4.98 Å². The fraction of sp³-hybridized carbons (Fsp3) is 0.545. The zero-order chi connectivity index (χ0) is 9.36. The molecule has 13 heavy (non-hydrogen) atoms. The van der Waals surface area contributed by atoms with Crippen LogP contribution in [0.4, 0.5) is 5.69 Å². The molecule has 0 saturated heterocycles. The van der Waals surface area contributed by atoms with Crippen LogP contribution in [0.2, 0.25) is 0 Å². The highest BCUT2D eigenvalue weighted by molar-refractivity contribution is 5.40. The van der Waals surface area contributed by atoms with Gasteiger partial charge < -0.3 is 5.32 Å². The van der Waals surface area contributed by atoms with Gasteiger partial charge in [0.25, 0.3) is 0 Å². The molecule has 0 fully saturated rings. The third-order valence-electron chi connectivity index (χ3n) is 2.04. The monoisotopic (exact) mass is 178 g/mol. The van der Waals surface area contributed by atoms with Crippen LogP contribution in [0.3, 0.4) is 0 Å². The van der Waals surface area contributed by atoms with E-state index >= 15 is 0 Å². The van der Waals surface area contributed by atoms with Crippen LogP contribution >= 0.6 is 0 Å². The molecule has 1 heterocycles.